The quantitative estimate of drug-likeness (QED) is 0.927. The van der Waals surface area contributed by atoms with Crippen molar-refractivity contribution in [1.29, 1.82) is 0 Å². The van der Waals surface area contributed by atoms with E-state index < -0.39 is 30.5 Å². The van der Waals surface area contributed by atoms with Crippen molar-refractivity contribution in [3.63, 3.8) is 0 Å². The summed E-state index contributed by atoms with van der Waals surface area (Å²) in [6, 6.07) is 6.64. The molecule has 1 aliphatic rings. The number of carboxylic acid groups (broad SMARTS) is 1. The van der Waals surface area contributed by atoms with E-state index in [9.17, 15) is 18.0 Å². The highest BCUT2D eigenvalue weighted by atomic mass is 19.4. The highest BCUT2D eigenvalue weighted by Crippen LogP contribution is 2.39. The van der Waals surface area contributed by atoms with Crippen molar-refractivity contribution in [2.75, 3.05) is 11.4 Å². The number of hydrogen-bond acceptors (Lipinski definition) is 2. The first-order valence-electron chi connectivity index (χ1n) is 6.50. The van der Waals surface area contributed by atoms with Crippen LogP contribution in [-0.2, 0) is 4.79 Å². The maximum Gasteiger partial charge on any atom is 0.409 e. The lowest BCUT2D eigenvalue weighted by Gasteiger charge is -2.43. The smallest absolute Gasteiger partial charge is 0.409 e. The van der Waals surface area contributed by atoms with Crippen LogP contribution in [0.25, 0.3) is 0 Å². The molecule has 2 rings (SSSR count). The minimum atomic E-state index is -4.43. The van der Waals surface area contributed by atoms with Crippen molar-refractivity contribution in [2.45, 2.75) is 31.5 Å². The van der Waals surface area contributed by atoms with Crippen LogP contribution in [-0.4, -0.2) is 29.8 Å². The Hall–Kier alpha value is -1.72. The summed E-state index contributed by atoms with van der Waals surface area (Å²) in [4.78, 5) is 12.1. The molecule has 0 saturated carbocycles. The summed E-state index contributed by atoms with van der Waals surface area (Å²) in [7, 11) is 0. The van der Waals surface area contributed by atoms with Crippen LogP contribution in [0.2, 0.25) is 0 Å². The van der Waals surface area contributed by atoms with Gasteiger partial charge in [-0.25, -0.2) is 0 Å². The van der Waals surface area contributed by atoms with Gasteiger partial charge in [0, 0.05) is 12.2 Å². The predicted octanol–water partition coefficient (Wildman–Crippen LogP) is 3.31. The fourth-order valence-corrected chi connectivity index (χ4v) is 2.87. The molecule has 1 aromatic carbocycles. The number of carbonyl (C=O) groups is 1. The van der Waals surface area contributed by atoms with Gasteiger partial charge in [-0.15, -0.1) is 0 Å². The number of carboxylic acids is 1. The largest absolute Gasteiger partial charge is 0.481 e. The van der Waals surface area contributed by atoms with Crippen LogP contribution in [0.5, 0.6) is 0 Å². The average molecular weight is 287 g/mol. The summed E-state index contributed by atoms with van der Waals surface area (Å²) in [6.45, 7) is 0.296. The number of alkyl halides is 3. The molecule has 2 unspecified atom stereocenters. The second-order valence-corrected chi connectivity index (χ2v) is 5.02. The van der Waals surface area contributed by atoms with Gasteiger partial charge in [-0.3, -0.25) is 4.79 Å². The van der Waals surface area contributed by atoms with E-state index >= 15 is 0 Å². The average Bonchev–Trinajstić information content (AvgIpc) is 2.37. The monoisotopic (exact) mass is 287 g/mol. The standard InChI is InChI=1S/C14H16F3NO2/c15-14(16,17)13-10(9-12(19)20)5-4-8-18(13)11-6-2-1-3-7-11/h1-3,6-7,10,13H,4-5,8-9H2,(H,19,20). The molecule has 20 heavy (non-hydrogen) atoms. The third-order valence-corrected chi connectivity index (χ3v) is 3.62. The number of piperidine rings is 1. The van der Waals surface area contributed by atoms with Gasteiger partial charge in [-0.05, 0) is 30.9 Å². The molecule has 1 N–H and O–H groups in total. The number of anilines is 1. The van der Waals surface area contributed by atoms with Crippen LogP contribution >= 0.6 is 0 Å². The molecule has 0 bridgehead atoms. The zero-order valence-electron chi connectivity index (χ0n) is 10.8. The molecule has 0 spiro atoms. The van der Waals surface area contributed by atoms with E-state index in [2.05, 4.69) is 0 Å². The Labute approximate surface area is 115 Å². The predicted molar refractivity (Wildman–Crippen MR) is 68.6 cm³/mol. The third kappa shape index (κ3) is 3.23. The van der Waals surface area contributed by atoms with Crippen LogP contribution < -0.4 is 4.90 Å². The molecule has 2 atom stereocenters. The number of hydrogen-bond donors (Lipinski definition) is 1. The van der Waals surface area contributed by atoms with Crippen molar-refractivity contribution in [3.8, 4) is 0 Å². The lowest BCUT2D eigenvalue weighted by Crippen LogP contribution is -2.54. The normalized spacial score (nSPS) is 23.6. The Morgan fingerprint density at radius 3 is 2.50 bits per heavy atom. The van der Waals surface area contributed by atoms with Crippen molar-refractivity contribution < 1.29 is 23.1 Å². The van der Waals surface area contributed by atoms with Gasteiger partial charge < -0.3 is 10.0 Å². The van der Waals surface area contributed by atoms with E-state index in [-0.39, 0.29) is 0 Å². The lowest BCUT2D eigenvalue weighted by atomic mass is 9.85. The first-order valence-corrected chi connectivity index (χ1v) is 6.50. The van der Waals surface area contributed by atoms with Gasteiger partial charge >= 0.3 is 12.1 Å². The summed E-state index contributed by atoms with van der Waals surface area (Å²) in [5.41, 5.74) is 0.491. The van der Waals surface area contributed by atoms with Gasteiger partial charge in [0.25, 0.3) is 0 Å². The van der Waals surface area contributed by atoms with E-state index in [1.807, 2.05) is 0 Å². The minimum absolute atomic E-state index is 0.291. The highest BCUT2D eigenvalue weighted by Gasteiger charge is 2.50. The van der Waals surface area contributed by atoms with Gasteiger partial charge in [0.05, 0.1) is 6.42 Å². The maximum atomic E-state index is 13.3. The molecule has 1 fully saturated rings. The van der Waals surface area contributed by atoms with E-state index in [0.717, 1.165) is 0 Å². The molecular weight excluding hydrogens is 271 g/mol. The molecule has 0 aromatic heterocycles. The molecular formula is C14H16F3NO2. The zero-order chi connectivity index (χ0) is 14.8. The molecule has 0 radical (unpaired) electrons. The molecule has 1 aliphatic heterocycles. The SMILES string of the molecule is O=C(O)CC1CCCN(c2ccccc2)C1C(F)(F)F. The van der Waals surface area contributed by atoms with E-state index in [1.165, 1.54) is 4.90 Å². The summed E-state index contributed by atoms with van der Waals surface area (Å²) in [6.07, 6.45) is -4.02. The number of aliphatic carboxylic acids is 1. The highest BCUT2D eigenvalue weighted by molar-refractivity contribution is 5.67. The molecule has 1 saturated heterocycles. The van der Waals surface area contributed by atoms with Crippen LogP contribution in [0, 0.1) is 5.92 Å². The number of nitrogens with zero attached hydrogens (tertiary/aromatic N) is 1. The maximum absolute atomic E-state index is 13.3. The molecule has 6 heteroatoms. The van der Waals surface area contributed by atoms with Gasteiger partial charge in [0.2, 0.25) is 0 Å². The molecule has 110 valence electrons. The third-order valence-electron chi connectivity index (χ3n) is 3.62. The van der Waals surface area contributed by atoms with Crippen LogP contribution in [0.15, 0.2) is 30.3 Å². The minimum Gasteiger partial charge on any atom is -0.481 e. The second kappa shape index (κ2) is 5.73. The van der Waals surface area contributed by atoms with Gasteiger partial charge in [0.15, 0.2) is 0 Å². The van der Waals surface area contributed by atoms with E-state index in [0.29, 0.717) is 25.1 Å². The summed E-state index contributed by atoms with van der Waals surface area (Å²) in [5.74, 6) is -2.08. The number of rotatable bonds is 3. The first-order chi connectivity index (χ1) is 9.39. The molecule has 0 aliphatic carbocycles. The fourth-order valence-electron chi connectivity index (χ4n) is 2.87. The fraction of sp³-hybridized carbons (Fsp3) is 0.500. The van der Waals surface area contributed by atoms with Gasteiger partial charge in [0.1, 0.15) is 6.04 Å². The van der Waals surface area contributed by atoms with E-state index in [4.69, 9.17) is 5.11 Å². The zero-order valence-corrected chi connectivity index (χ0v) is 10.8. The summed E-state index contributed by atoms with van der Waals surface area (Å²) < 4.78 is 40.0. The Balaban J connectivity index is 2.32. The summed E-state index contributed by atoms with van der Waals surface area (Å²) >= 11 is 0. The lowest BCUT2D eigenvalue weighted by molar-refractivity contribution is -0.167. The molecule has 3 nitrogen and oxygen atoms in total. The Morgan fingerprint density at radius 2 is 1.95 bits per heavy atom. The number of halogens is 3. The number of para-hydroxylation sites is 1. The van der Waals surface area contributed by atoms with Crippen molar-refractivity contribution >= 4 is 11.7 Å². The topological polar surface area (TPSA) is 40.5 Å². The Morgan fingerprint density at radius 1 is 1.30 bits per heavy atom. The first kappa shape index (κ1) is 14.7. The van der Waals surface area contributed by atoms with Crippen molar-refractivity contribution in [3.05, 3.63) is 30.3 Å². The van der Waals surface area contributed by atoms with Crippen LogP contribution in [0.4, 0.5) is 18.9 Å². The molecule has 1 heterocycles. The Kier molecular flexibility index (Phi) is 4.20. The van der Waals surface area contributed by atoms with Gasteiger partial charge in [-0.1, -0.05) is 18.2 Å². The van der Waals surface area contributed by atoms with Gasteiger partial charge in [-0.2, -0.15) is 13.2 Å². The van der Waals surface area contributed by atoms with Crippen LogP contribution in [0.3, 0.4) is 0 Å². The van der Waals surface area contributed by atoms with E-state index in [1.54, 1.807) is 30.3 Å². The number of benzene rings is 1. The molecule has 0 amide bonds. The van der Waals surface area contributed by atoms with Crippen molar-refractivity contribution in [1.82, 2.24) is 0 Å². The van der Waals surface area contributed by atoms with Crippen molar-refractivity contribution in [2.24, 2.45) is 5.92 Å². The van der Waals surface area contributed by atoms with Crippen LogP contribution in [0.1, 0.15) is 19.3 Å². The second-order valence-electron chi connectivity index (χ2n) is 5.02. The summed E-state index contributed by atoms with van der Waals surface area (Å²) in [5, 5.41) is 8.82. The molecule has 1 aromatic rings. The Bertz CT molecular complexity index is 461.